The van der Waals surface area contributed by atoms with E-state index in [2.05, 4.69) is 24.1 Å². The molecule has 0 spiro atoms. The summed E-state index contributed by atoms with van der Waals surface area (Å²) >= 11 is 0.0916. The molecule has 1 N–H and O–H groups in total. The van der Waals surface area contributed by atoms with E-state index in [1.807, 2.05) is 0 Å². The van der Waals surface area contributed by atoms with Crippen molar-refractivity contribution >= 4 is 11.8 Å². The Labute approximate surface area is 112 Å². The number of hydrogen-bond donors (Lipinski definition) is 1. The van der Waals surface area contributed by atoms with E-state index < -0.39 is 5.51 Å². The maximum atomic E-state index is 12.1. The summed E-state index contributed by atoms with van der Waals surface area (Å²) in [6, 6.07) is 0.827. The summed E-state index contributed by atoms with van der Waals surface area (Å²) < 4.78 is 36.3. The Morgan fingerprint density at radius 3 is 2.67 bits per heavy atom. The highest BCUT2D eigenvalue weighted by molar-refractivity contribution is 8.00. The molecular weight excluding hydrogens is 261 g/mol. The highest BCUT2D eigenvalue weighted by Gasteiger charge is 2.29. The molecular formula is C12H23F3N2S. The molecule has 18 heavy (non-hydrogen) atoms. The molecule has 6 heteroatoms. The first-order valence-electron chi connectivity index (χ1n) is 6.56. The number of piperidine rings is 1. The van der Waals surface area contributed by atoms with Crippen molar-refractivity contribution in [3.63, 3.8) is 0 Å². The van der Waals surface area contributed by atoms with Crippen LogP contribution in [-0.2, 0) is 0 Å². The number of thioether (sulfide) groups is 1. The SMILES string of the molecule is CC(C)NCC1CCCCN1CCSC(F)(F)F. The van der Waals surface area contributed by atoms with Crippen molar-refractivity contribution in [2.24, 2.45) is 0 Å². The zero-order chi connectivity index (χ0) is 13.6. The van der Waals surface area contributed by atoms with Gasteiger partial charge in [0.1, 0.15) is 0 Å². The van der Waals surface area contributed by atoms with Crippen molar-refractivity contribution in [1.29, 1.82) is 0 Å². The Balaban J connectivity index is 2.30. The number of hydrogen-bond acceptors (Lipinski definition) is 3. The van der Waals surface area contributed by atoms with Crippen molar-refractivity contribution < 1.29 is 13.2 Å². The lowest BCUT2D eigenvalue weighted by atomic mass is 10.0. The van der Waals surface area contributed by atoms with Crippen LogP contribution in [0.1, 0.15) is 33.1 Å². The minimum atomic E-state index is -4.10. The van der Waals surface area contributed by atoms with E-state index in [1.165, 1.54) is 6.42 Å². The van der Waals surface area contributed by atoms with Crippen LogP contribution in [0.5, 0.6) is 0 Å². The smallest absolute Gasteiger partial charge is 0.313 e. The standard InChI is InChI=1S/C12H23F3N2S/c1-10(2)16-9-11-5-3-4-6-17(11)7-8-18-12(13,14)15/h10-11,16H,3-9H2,1-2H3. The van der Waals surface area contributed by atoms with Gasteiger partial charge in [-0.1, -0.05) is 20.3 Å². The average molecular weight is 284 g/mol. The third-order valence-corrected chi connectivity index (χ3v) is 3.87. The van der Waals surface area contributed by atoms with Gasteiger partial charge in [-0.3, -0.25) is 4.90 Å². The van der Waals surface area contributed by atoms with Gasteiger partial charge in [0.15, 0.2) is 0 Å². The van der Waals surface area contributed by atoms with Gasteiger partial charge in [0.05, 0.1) is 0 Å². The quantitative estimate of drug-likeness (QED) is 0.807. The third-order valence-electron chi connectivity index (χ3n) is 3.16. The van der Waals surface area contributed by atoms with Gasteiger partial charge in [0.25, 0.3) is 0 Å². The number of likely N-dealkylation sites (tertiary alicyclic amines) is 1. The molecule has 1 aliphatic heterocycles. The number of nitrogens with one attached hydrogen (secondary N) is 1. The van der Waals surface area contributed by atoms with Gasteiger partial charge in [-0.15, -0.1) is 0 Å². The van der Waals surface area contributed by atoms with Crippen LogP contribution in [0.3, 0.4) is 0 Å². The summed E-state index contributed by atoms with van der Waals surface area (Å²) in [4.78, 5) is 2.21. The molecule has 108 valence electrons. The van der Waals surface area contributed by atoms with E-state index in [0.29, 0.717) is 18.6 Å². The van der Waals surface area contributed by atoms with Crippen molar-refractivity contribution in [2.45, 2.75) is 50.7 Å². The first kappa shape index (κ1) is 16.1. The molecule has 1 fully saturated rings. The fraction of sp³-hybridized carbons (Fsp3) is 1.00. The fourth-order valence-corrected chi connectivity index (χ4v) is 2.79. The molecule has 1 saturated heterocycles. The minimum Gasteiger partial charge on any atom is -0.313 e. The van der Waals surface area contributed by atoms with Crippen molar-refractivity contribution in [2.75, 3.05) is 25.4 Å². The molecule has 1 rings (SSSR count). The van der Waals surface area contributed by atoms with Crippen LogP contribution in [0.2, 0.25) is 0 Å². The number of nitrogens with zero attached hydrogens (tertiary/aromatic N) is 1. The van der Waals surface area contributed by atoms with Gasteiger partial charge in [0, 0.05) is 30.9 Å². The molecule has 0 aromatic rings. The summed E-state index contributed by atoms with van der Waals surface area (Å²) in [6.45, 7) is 6.53. The van der Waals surface area contributed by atoms with Gasteiger partial charge >= 0.3 is 5.51 Å². The number of halogens is 3. The van der Waals surface area contributed by atoms with E-state index in [4.69, 9.17) is 0 Å². The van der Waals surface area contributed by atoms with E-state index in [0.717, 1.165) is 25.9 Å². The van der Waals surface area contributed by atoms with Crippen LogP contribution in [0, 0.1) is 0 Å². The molecule has 2 nitrogen and oxygen atoms in total. The summed E-state index contributed by atoms with van der Waals surface area (Å²) in [6.07, 6.45) is 3.39. The lowest BCUT2D eigenvalue weighted by Crippen LogP contribution is -2.47. The van der Waals surface area contributed by atoms with E-state index >= 15 is 0 Å². The molecule has 0 saturated carbocycles. The Hall–Kier alpha value is 0.0600. The van der Waals surface area contributed by atoms with E-state index in [-0.39, 0.29) is 17.5 Å². The topological polar surface area (TPSA) is 15.3 Å². The molecule has 0 aromatic heterocycles. The summed E-state index contributed by atoms with van der Waals surface area (Å²) in [7, 11) is 0. The third kappa shape index (κ3) is 6.85. The van der Waals surface area contributed by atoms with Crippen LogP contribution in [0.15, 0.2) is 0 Å². The molecule has 0 aliphatic carbocycles. The number of alkyl halides is 3. The number of rotatable bonds is 6. The van der Waals surface area contributed by atoms with Gasteiger partial charge < -0.3 is 5.32 Å². The monoisotopic (exact) mass is 284 g/mol. The van der Waals surface area contributed by atoms with Crippen molar-refractivity contribution in [1.82, 2.24) is 10.2 Å². The second-order valence-electron chi connectivity index (χ2n) is 5.04. The van der Waals surface area contributed by atoms with Gasteiger partial charge in [-0.2, -0.15) is 13.2 Å². The lowest BCUT2D eigenvalue weighted by Gasteiger charge is -2.36. The van der Waals surface area contributed by atoms with Crippen molar-refractivity contribution in [3.05, 3.63) is 0 Å². The molecule has 1 aliphatic rings. The van der Waals surface area contributed by atoms with Crippen LogP contribution < -0.4 is 5.32 Å². The molecule has 1 heterocycles. The zero-order valence-corrected chi connectivity index (χ0v) is 11.9. The van der Waals surface area contributed by atoms with Crippen LogP contribution in [-0.4, -0.2) is 47.9 Å². The molecule has 0 radical (unpaired) electrons. The predicted octanol–water partition coefficient (Wildman–Crippen LogP) is 3.09. The normalized spacial score (nSPS) is 22.7. The van der Waals surface area contributed by atoms with Crippen LogP contribution >= 0.6 is 11.8 Å². The predicted molar refractivity (Wildman–Crippen MR) is 70.9 cm³/mol. The highest BCUT2D eigenvalue weighted by Crippen LogP contribution is 2.30. The largest absolute Gasteiger partial charge is 0.441 e. The molecule has 1 unspecified atom stereocenters. The molecule has 0 bridgehead atoms. The summed E-state index contributed by atoms with van der Waals surface area (Å²) in [5.41, 5.74) is -4.10. The molecule has 0 amide bonds. The minimum absolute atomic E-state index is 0.0916. The second kappa shape index (κ2) is 7.60. The molecule has 1 atom stereocenters. The maximum Gasteiger partial charge on any atom is 0.441 e. The Morgan fingerprint density at radius 1 is 1.33 bits per heavy atom. The Morgan fingerprint density at radius 2 is 2.06 bits per heavy atom. The zero-order valence-electron chi connectivity index (χ0n) is 11.1. The Bertz CT molecular complexity index is 234. The summed E-state index contributed by atoms with van der Waals surface area (Å²) in [5.74, 6) is 0.141. The highest BCUT2D eigenvalue weighted by atomic mass is 32.2. The second-order valence-corrected chi connectivity index (χ2v) is 6.20. The van der Waals surface area contributed by atoms with Gasteiger partial charge in [0.2, 0.25) is 0 Å². The average Bonchev–Trinajstić information content (AvgIpc) is 2.26. The van der Waals surface area contributed by atoms with Crippen molar-refractivity contribution in [3.8, 4) is 0 Å². The first-order chi connectivity index (χ1) is 8.38. The van der Waals surface area contributed by atoms with Crippen LogP contribution in [0.25, 0.3) is 0 Å². The maximum absolute atomic E-state index is 12.1. The Kier molecular flexibility index (Phi) is 6.81. The van der Waals surface area contributed by atoms with Gasteiger partial charge in [-0.05, 0) is 31.1 Å². The van der Waals surface area contributed by atoms with Gasteiger partial charge in [-0.25, -0.2) is 0 Å². The lowest BCUT2D eigenvalue weighted by molar-refractivity contribution is -0.0329. The van der Waals surface area contributed by atoms with E-state index in [9.17, 15) is 13.2 Å². The molecule has 0 aromatic carbocycles. The van der Waals surface area contributed by atoms with Crippen LogP contribution in [0.4, 0.5) is 13.2 Å². The van der Waals surface area contributed by atoms with E-state index in [1.54, 1.807) is 0 Å². The fourth-order valence-electron chi connectivity index (χ4n) is 2.24. The summed E-state index contributed by atoms with van der Waals surface area (Å²) in [5, 5.41) is 3.38. The first-order valence-corrected chi connectivity index (χ1v) is 7.55.